The van der Waals surface area contributed by atoms with Crippen LogP contribution in [0.4, 0.5) is 0 Å². The molecule has 0 aliphatic heterocycles. The van der Waals surface area contributed by atoms with Gasteiger partial charge in [0.25, 0.3) is 0 Å². The van der Waals surface area contributed by atoms with Gasteiger partial charge in [0, 0.05) is 24.3 Å². The Morgan fingerprint density at radius 1 is 1.33 bits per heavy atom. The lowest BCUT2D eigenvalue weighted by Gasteiger charge is -2.35. The topological polar surface area (TPSA) is 29.9 Å². The summed E-state index contributed by atoms with van der Waals surface area (Å²) in [5.41, 5.74) is 3.27. The van der Waals surface area contributed by atoms with Gasteiger partial charge in [-0.2, -0.15) is 5.10 Å². The van der Waals surface area contributed by atoms with E-state index in [1.54, 1.807) is 0 Å². The van der Waals surface area contributed by atoms with Crippen LogP contribution in [-0.4, -0.2) is 21.9 Å². The van der Waals surface area contributed by atoms with Crippen molar-refractivity contribution in [2.24, 2.45) is 17.3 Å². The van der Waals surface area contributed by atoms with Crippen LogP contribution in [-0.2, 0) is 13.0 Å². The van der Waals surface area contributed by atoms with Crippen molar-refractivity contribution in [3.05, 3.63) is 17.5 Å². The quantitative estimate of drug-likeness (QED) is 0.898. The molecule has 1 aromatic heterocycles. The highest BCUT2D eigenvalue weighted by molar-refractivity contribution is 5.15. The molecule has 1 N–H and O–H groups in total. The first-order chi connectivity index (χ1) is 9.80. The zero-order valence-electron chi connectivity index (χ0n) is 14.4. The van der Waals surface area contributed by atoms with Crippen molar-refractivity contribution in [1.82, 2.24) is 15.1 Å². The van der Waals surface area contributed by atoms with Crippen LogP contribution in [0.15, 0.2) is 6.07 Å². The lowest BCUT2D eigenvalue weighted by Crippen LogP contribution is -2.44. The van der Waals surface area contributed by atoms with Gasteiger partial charge >= 0.3 is 0 Å². The molecule has 0 aromatic carbocycles. The fourth-order valence-corrected chi connectivity index (χ4v) is 4.21. The standard InChI is InChI=1S/C18H31N3/c1-6-21-16(7-13(2)20-21)11-18(12-19-17(3,4)5)9-14-8-15(14)10-18/h7,14-15,19H,6,8-12H2,1-5H3. The summed E-state index contributed by atoms with van der Waals surface area (Å²) in [5, 5.41) is 8.42. The minimum absolute atomic E-state index is 0.209. The zero-order chi connectivity index (χ0) is 15.3. The second-order valence-corrected chi connectivity index (χ2v) is 8.54. The predicted octanol–water partition coefficient (Wildman–Crippen LogP) is 3.56. The minimum atomic E-state index is 0.209. The summed E-state index contributed by atoms with van der Waals surface area (Å²) >= 11 is 0. The lowest BCUT2D eigenvalue weighted by molar-refractivity contribution is 0.217. The van der Waals surface area contributed by atoms with E-state index in [0.717, 1.165) is 30.6 Å². The number of nitrogens with one attached hydrogen (secondary N) is 1. The van der Waals surface area contributed by atoms with Crippen molar-refractivity contribution in [3.63, 3.8) is 0 Å². The van der Waals surface area contributed by atoms with E-state index in [1.165, 1.54) is 31.4 Å². The molecule has 0 spiro atoms. The summed E-state index contributed by atoms with van der Waals surface area (Å²) in [4.78, 5) is 0. The summed E-state index contributed by atoms with van der Waals surface area (Å²) < 4.78 is 2.21. The molecule has 2 aliphatic carbocycles. The molecule has 118 valence electrons. The Bertz CT molecular complexity index is 499. The van der Waals surface area contributed by atoms with E-state index in [2.05, 4.69) is 55.8 Å². The second kappa shape index (κ2) is 5.12. The third-order valence-electron chi connectivity index (χ3n) is 5.29. The Kier molecular flexibility index (Phi) is 3.67. The van der Waals surface area contributed by atoms with E-state index in [0.29, 0.717) is 5.41 Å². The first-order valence-electron chi connectivity index (χ1n) is 8.59. The van der Waals surface area contributed by atoms with Gasteiger partial charge in [-0.3, -0.25) is 4.68 Å². The molecule has 3 nitrogen and oxygen atoms in total. The zero-order valence-corrected chi connectivity index (χ0v) is 14.4. The number of fused-ring (bicyclic) bond motifs is 1. The maximum atomic E-state index is 4.64. The molecule has 2 saturated carbocycles. The number of rotatable bonds is 5. The Hall–Kier alpha value is -0.830. The smallest absolute Gasteiger partial charge is 0.0596 e. The number of nitrogens with zero attached hydrogens (tertiary/aromatic N) is 2. The van der Waals surface area contributed by atoms with Crippen molar-refractivity contribution in [2.45, 2.75) is 72.4 Å². The Morgan fingerprint density at radius 3 is 2.57 bits per heavy atom. The average Bonchev–Trinajstić information content (AvgIpc) is 2.84. The van der Waals surface area contributed by atoms with Gasteiger partial charge in [-0.05, 0) is 83.6 Å². The molecule has 2 unspecified atom stereocenters. The van der Waals surface area contributed by atoms with Crippen LogP contribution in [0.25, 0.3) is 0 Å². The number of hydrogen-bond donors (Lipinski definition) is 1. The van der Waals surface area contributed by atoms with Crippen molar-refractivity contribution in [3.8, 4) is 0 Å². The first-order valence-corrected chi connectivity index (χ1v) is 8.59. The van der Waals surface area contributed by atoms with E-state index in [9.17, 15) is 0 Å². The Balaban J connectivity index is 1.76. The van der Waals surface area contributed by atoms with E-state index in [-0.39, 0.29) is 5.54 Å². The van der Waals surface area contributed by atoms with Gasteiger partial charge in [0.05, 0.1) is 5.69 Å². The van der Waals surface area contributed by atoms with Crippen molar-refractivity contribution in [1.29, 1.82) is 0 Å². The summed E-state index contributed by atoms with van der Waals surface area (Å²) in [6.45, 7) is 13.3. The molecule has 2 aliphatic rings. The molecule has 0 radical (unpaired) electrons. The molecule has 3 heteroatoms. The molecule has 0 bridgehead atoms. The molecule has 21 heavy (non-hydrogen) atoms. The second-order valence-electron chi connectivity index (χ2n) is 8.54. The fourth-order valence-electron chi connectivity index (χ4n) is 4.21. The fraction of sp³-hybridized carbons (Fsp3) is 0.833. The third-order valence-corrected chi connectivity index (χ3v) is 5.29. The van der Waals surface area contributed by atoms with Crippen LogP contribution in [0.1, 0.15) is 58.3 Å². The Morgan fingerprint density at radius 2 is 2.00 bits per heavy atom. The van der Waals surface area contributed by atoms with Crippen molar-refractivity contribution >= 4 is 0 Å². The first kappa shape index (κ1) is 15.1. The van der Waals surface area contributed by atoms with Crippen LogP contribution in [0.2, 0.25) is 0 Å². The highest BCUT2D eigenvalue weighted by atomic mass is 15.3. The van der Waals surface area contributed by atoms with E-state index in [1.807, 2.05) is 0 Å². The van der Waals surface area contributed by atoms with Gasteiger partial charge in [0.1, 0.15) is 0 Å². The Labute approximate surface area is 129 Å². The van der Waals surface area contributed by atoms with Crippen molar-refractivity contribution in [2.75, 3.05) is 6.54 Å². The van der Waals surface area contributed by atoms with Gasteiger partial charge in [-0.25, -0.2) is 0 Å². The van der Waals surface area contributed by atoms with E-state index in [4.69, 9.17) is 0 Å². The summed E-state index contributed by atoms with van der Waals surface area (Å²) in [6.07, 6.45) is 5.50. The highest BCUT2D eigenvalue weighted by Gasteiger charge is 2.53. The molecule has 0 saturated heterocycles. The van der Waals surface area contributed by atoms with Crippen LogP contribution >= 0.6 is 0 Å². The normalized spacial score (nSPS) is 31.5. The van der Waals surface area contributed by atoms with Crippen molar-refractivity contribution < 1.29 is 0 Å². The molecule has 3 rings (SSSR count). The SMILES string of the molecule is CCn1nc(C)cc1CC1(CNC(C)(C)C)CC2CC2C1. The molecule has 2 atom stereocenters. The van der Waals surface area contributed by atoms with Crippen LogP contribution in [0.3, 0.4) is 0 Å². The number of hydrogen-bond acceptors (Lipinski definition) is 2. The maximum Gasteiger partial charge on any atom is 0.0596 e. The highest BCUT2D eigenvalue weighted by Crippen LogP contribution is 2.60. The molecular weight excluding hydrogens is 258 g/mol. The lowest BCUT2D eigenvalue weighted by atomic mass is 9.78. The summed E-state index contributed by atoms with van der Waals surface area (Å²) in [5.74, 6) is 2.04. The van der Waals surface area contributed by atoms with Gasteiger partial charge < -0.3 is 5.32 Å². The minimum Gasteiger partial charge on any atom is -0.312 e. The molecule has 1 heterocycles. The predicted molar refractivity (Wildman–Crippen MR) is 87.4 cm³/mol. The number of aryl methyl sites for hydroxylation is 2. The largest absolute Gasteiger partial charge is 0.312 e. The molecule has 1 aromatic rings. The van der Waals surface area contributed by atoms with E-state index >= 15 is 0 Å². The summed E-state index contributed by atoms with van der Waals surface area (Å²) in [6, 6.07) is 2.30. The van der Waals surface area contributed by atoms with Crippen LogP contribution < -0.4 is 5.32 Å². The van der Waals surface area contributed by atoms with Crippen LogP contribution in [0.5, 0.6) is 0 Å². The van der Waals surface area contributed by atoms with Gasteiger partial charge in [0.15, 0.2) is 0 Å². The molecule has 2 fully saturated rings. The van der Waals surface area contributed by atoms with Gasteiger partial charge in [0.2, 0.25) is 0 Å². The third kappa shape index (κ3) is 3.33. The molecular formula is C18H31N3. The summed E-state index contributed by atoms with van der Waals surface area (Å²) in [7, 11) is 0. The van der Waals surface area contributed by atoms with Gasteiger partial charge in [-0.1, -0.05) is 0 Å². The monoisotopic (exact) mass is 289 g/mol. The maximum absolute atomic E-state index is 4.64. The van der Waals surface area contributed by atoms with E-state index < -0.39 is 0 Å². The number of aromatic nitrogens is 2. The van der Waals surface area contributed by atoms with Gasteiger partial charge in [-0.15, -0.1) is 0 Å². The van der Waals surface area contributed by atoms with Crippen LogP contribution in [0, 0.1) is 24.2 Å². The average molecular weight is 289 g/mol. The molecule has 0 amide bonds.